The Balaban J connectivity index is 1.23. The van der Waals surface area contributed by atoms with Gasteiger partial charge in [-0.3, -0.25) is 14.9 Å². The number of carbonyl (C=O) groups is 1. The van der Waals surface area contributed by atoms with Crippen molar-refractivity contribution in [3.8, 4) is 0 Å². The van der Waals surface area contributed by atoms with E-state index >= 15 is 0 Å². The Labute approximate surface area is 197 Å². The van der Waals surface area contributed by atoms with Crippen LogP contribution in [0.5, 0.6) is 0 Å². The molecule has 0 aliphatic carbocycles. The maximum Gasteiger partial charge on any atom is 0.254 e. The van der Waals surface area contributed by atoms with Gasteiger partial charge in [-0.15, -0.1) is 0 Å². The van der Waals surface area contributed by atoms with Crippen LogP contribution < -0.4 is 5.32 Å². The van der Waals surface area contributed by atoms with Crippen molar-refractivity contribution in [3.63, 3.8) is 0 Å². The van der Waals surface area contributed by atoms with E-state index in [2.05, 4.69) is 25.5 Å². The Hall–Kier alpha value is -4.07. The predicted octanol–water partition coefficient (Wildman–Crippen LogP) is 4.52. The second kappa shape index (κ2) is 9.82. The first-order valence-electron chi connectivity index (χ1n) is 11.3. The highest BCUT2D eigenvalue weighted by atomic mass is 19.1. The molecule has 8 heteroatoms. The number of benzene rings is 2. The molecule has 0 unspecified atom stereocenters. The van der Waals surface area contributed by atoms with E-state index in [4.69, 9.17) is 0 Å². The molecule has 2 aromatic carbocycles. The number of anilines is 1. The van der Waals surface area contributed by atoms with E-state index in [1.54, 1.807) is 18.3 Å². The van der Waals surface area contributed by atoms with Gasteiger partial charge in [0.2, 0.25) is 0 Å². The molecule has 1 fully saturated rings. The number of H-pyrrole nitrogens is 1. The Morgan fingerprint density at radius 2 is 1.91 bits per heavy atom. The highest BCUT2D eigenvalue weighted by Crippen LogP contribution is 2.31. The maximum absolute atomic E-state index is 13.2. The van der Waals surface area contributed by atoms with Crippen molar-refractivity contribution in [2.75, 3.05) is 11.9 Å². The van der Waals surface area contributed by atoms with Gasteiger partial charge in [-0.1, -0.05) is 18.2 Å². The van der Waals surface area contributed by atoms with Gasteiger partial charge in [-0.25, -0.2) is 9.37 Å². The second-order valence-electron chi connectivity index (χ2n) is 8.39. The minimum atomic E-state index is -0.264. The van der Waals surface area contributed by atoms with Crippen LogP contribution in [0.3, 0.4) is 0 Å². The van der Waals surface area contributed by atoms with E-state index in [0.717, 1.165) is 29.7 Å². The first-order chi connectivity index (χ1) is 16.7. The fourth-order valence-corrected chi connectivity index (χ4v) is 4.22. The number of hydrogen-bond acceptors (Lipinski definition) is 5. The molecule has 1 aliphatic rings. The zero-order valence-electron chi connectivity index (χ0n) is 18.6. The lowest BCUT2D eigenvalue weighted by molar-refractivity contribution is 0.0730. The molecule has 1 amide bonds. The van der Waals surface area contributed by atoms with Crippen molar-refractivity contribution in [2.24, 2.45) is 0 Å². The number of hydrogen-bond donors (Lipinski definition) is 2. The van der Waals surface area contributed by atoms with Crippen molar-refractivity contribution in [2.45, 2.75) is 31.8 Å². The quantitative estimate of drug-likeness (QED) is 0.427. The van der Waals surface area contributed by atoms with Gasteiger partial charge < -0.3 is 10.2 Å². The smallest absolute Gasteiger partial charge is 0.254 e. The first kappa shape index (κ1) is 21.8. The van der Waals surface area contributed by atoms with E-state index in [0.29, 0.717) is 36.7 Å². The molecule has 1 saturated heterocycles. The summed E-state index contributed by atoms with van der Waals surface area (Å²) in [6.45, 7) is 1.34. The summed E-state index contributed by atoms with van der Waals surface area (Å²) in [7, 11) is 0. The van der Waals surface area contributed by atoms with Crippen molar-refractivity contribution < 1.29 is 9.18 Å². The van der Waals surface area contributed by atoms with Crippen molar-refractivity contribution in [3.05, 3.63) is 107 Å². The van der Waals surface area contributed by atoms with Crippen LogP contribution in [0.15, 0.2) is 73.1 Å². The van der Waals surface area contributed by atoms with Crippen LogP contribution >= 0.6 is 0 Å². The lowest BCUT2D eigenvalue weighted by atomic mass is 10.1. The number of aromatic nitrogens is 4. The normalized spacial score (nSPS) is 15.4. The largest absolute Gasteiger partial charge is 0.381 e. The summed E-state index contributed by atoms with van der Waals surface area (Å²) in [5, 5.41) is 10.7. The van der Waals surface area contributed by atoms with E-state index in [9.17, 15) is 9.18 Å². The number of nitrogens with one attached hydrogen (secondary N) is 2. The highest BCUT2D eigenvalue weighted by Gasteiger charge is 2.33. The van der Waals surface area contributed by atoms with Crippen LogP contribution in [0, 0.1) is 5.82 Å². The molecule has 7 nitrogen and oxygen atoms in total. The number of halogens is 1. The Bertz CT molecular complexity index is 1240. The SMILES string of the molecule is O=C(c1ccc(NCc2cccnc2)cc1)N1CCC[C@@H]1c1n[nH]c(Cc2ccc(F)cc2)n1. The van der Waals surface area contributed by atoms with Crippen LogP contribution in [-0.2, 0) is 13.0 Å². The molecule has 1 atom stereocenters. The molecule has 172 valence electrons. The Morgan fingerprint density at radius 1 is 1.09 bits per heavy atom. The summed E-state index contributed by atoms with van der Waals surface area (Å²) in [5.74, 6) is 1.04. The summed E-state index contributed by atoms with van der Waals surface area (Å²) >= 11 is 0. The summed E-state index contributed by atoms with van der Waals surface area (Å²) in [5.41, 5.74) is 3.62. The van der Waals surface area contributed by atoms with E-state index in [-0.39, 0.29) is 17.8 Å². The van der Waals surface area contributed by atoms with Crippen molar-refractivity contribution in [1.29, 1.82) is 0 Å². The first-order valence-corrected chi connectivity index (χ1v) is 11.3. The zero-order chi connectivity index (χ0) is 23.3. The Kier molecular flexibility index (Phi) is 6.29. The van der Waals surface area contributed by atoms with Gasteiger partial charge in [0.1, 0.15) is 11.6 Å². The molecule has 1 aliphatic heterocycles. The molecule has 0 spiro atoms. The zero-order valence-corrected chi connectivity index (χ0v) is 18.6. The molecule has 4 aromatic rings. The van der Waals surface area contributed by atoms with Crippen LogP contribution in [0.4, 0.5) is 10.1 Å². The van der Waals surface area contributed by atoms with E-state index in [1.807, 2.05) is 47.5 Å². The summed E-state index contributed by atoms with van der Waals surface area (Å²) < 4.78 is 13.1. The van der Waals surface area contributed by atoms with Crippen LogP contribution in [-0.4, -0.2) is 37.5 Å². The Morgan fingerprint density at radius 3 is 2.68 bits per heavy atom. The summed E-state index contributed by atoms with van der Waals surface area (Å²) in [4.78, 5) is 23.9. The molecule has 2 N–H and O–H groups in total. The number of aromatic amines is 1. The molecular formula is C26H25FN6O. The van der Waals surface area contributed by atoms with Gasteiger partial charge in [-0.05, 0) is 66.4 Å². The number of pyridine rings is 1. The highest BCUT2D eigenvalue weighted by molar-refractivity contribution is 5.95. The van der Waals surface area contributed by atoms with Gasteiger partial charge in [0.15, 0.2) is 5.82 Å². The van der Waals surface area contributed by atoms with Gasteiger partial charge in [0.05, 0.1) is 6.04 Å². The third-order valence-electron chi connectivity index (χ3n) is 6.00. The van der Waals surface area contributed by atoms with Crippen LogP contribution in [0.25, 0.3) is 0 Å². The lowest BCUT2D eigenvalue weighted by Crippen LogP contribution is -2.31. The summed E-state index contributed by atoms with van der Waals surface area (Å²) in [6.07, 6.45) is 5.84. The molecule has 0 saturated carbocycles. The van der Waals surface area contributed by atoms with Gasteiger partial charge in [0, 0.05) is 43.2 Å². The van der Waals surface area contributed by atoms with E-state index < -0.39 is 0 Å². The van der Waals surface area contributed by atoms with Crippen LogP contribution in [0.2, 0.25) is 0 Å². The fraction of sp³-hybridized carbons (Fsp3) is 0.231. The van der Waals surface area contributed by atoms with E-state index in [1.165, 1.54) is 12.1 Å². The van der Waals surface area contributed by atoms with Crippen LogP contribution in [0.1, 0.15) is 52.0 Å². The number of carbonyl (C=O) groups excluding carboxylic acids is 1. The molecule has 5 rings (SSSR count). The van der Waals surface area contributed by atoms with Crippen molar-refractivity contribution >= 4 is 11.6 Å². The van der Waals surface area contributed by atoms with Gasteiger partial charge in [0.25, 0.3) is 5.91 Å². The third-order valence-corrected chi connectivity index (χ3v) is 6.00. The molecule has 34 heavy (non-hydrogen) atoms. The molecule has 0 radical (unpaired) electrons. The van der Waals surface area contributed by atoms with Crippen molar-refractivity contribution in [1.82, 2.24) is 25.1 Å². The number of amides is 1. The van der Waals surface area contributed by atoms with Gasteiger partial charge in [-0.2, -0.15) is 5.10 Å². The minimum absolute atomic E-state index is 0.0220. The summed E-state index contributed by atoms with van der Waals surface area (Å²) in [6, 6.07) is 17.6. The average Bonchev–Trinajstić information content (AvgIpc) is 3.54. The number of likely N-dealkylation sites (tertiary alicyclic amines) is 1. The standard InChI is InChI=1S/C26H25FN6O/c27-21-9-5-18(6-10-21)15-24-30-25(32-31-24)23-4-2-14-33(23)26(34)20-7-11-22(12-8-20)29-17-19-3-1-13-28-16-19/h1,3,5-13,16,23,29H,2,4,14-15,17H2,(H,30,31,32)/t23-/m1/s1. The number of nitrogens with zero attached hydrogens (tertiary/aromatic N) is 4. The van der Waals surface area contributed by atoms with Gasteiger partial charge >= 0.3 is 0 Å². The second-order valence-corrected chi connectivity index (χ2v) is 8.39. The topological polar surface area (TPSA) is 86.8 Å². The third kappa shape index (κ3) is 4.96. The molecule has 2 aromatic heterocycles. The molecule has 3 heterocycles. The predicted molar refractivity (Wildman–Crippen MR) is 127 cm³/mol. The minimum Gasteiger partial charge on any atom is -0.381 e. The average molecular weight is 457 g/mol. The fourth-order valence-electron chi connectivity index (χ4n) is 4.22. The monoisotopic (exact) mass is 456 g/mol. The number of rotatable bonds is 7. The lowest BCUT2D eigenvalue weighted by Gasteiger charge is -2.22. The maximum atomic E-state index is 13.2. The molecular weight excluding hydrogens is 431 g/mol. The molecule has 0 bridgehead atoms.